The van der Waals surface area contributed by atoms with Gasteiger partial charge < -0.3 is 16.4 Å². The van der Waals surface area contributed by atoms with Gasteiger partial charge in [0.15, 0.2) is 0 Å². The molecule has 2 aromatic carbocycles. The Morgan fingerprint density at radius 2 is 1.90 bits per heavy atom. The van der Waals surface area contributed by atoms with Gasteiger partial charge in [-0.05, 0) is 36.2 Å². The van der Waals surface area contributed by atoms with Crippen LogP contribution in [0.2, 0.25) is 0 Å². The zero-order chi connectivity index (χ0) is 15.1. The lowest BCUT2D eigenvalue weighted by molar-refractivity contribution is 0.0963. The molecule has 0 heterocycles. The summed E-state index contributed by atoms with van der Waals surface area (Å²) in [6.07, 6.45) is 0.983. The van der Waals surface area contributed by atoms with Crippen molar-refractivity contribution in [1.29, 1.82) is 0 Å². The molecule has 0 aromatic heterocycles. The summed E-state index contributed by atoms with van der Waals surface area (Å²) in [4.78, 5) is 11.5. The lowest BCUT2D eigenvalue weighted by Crippen LogP contribution is -2.20. The number of amides is 1. The van der Waals surface area contributed by atoms with E-state index in [0.29, 0.717) is 17.8 Å². The summed E-state index contributed by atoms with van der Waals surface area (Å²) in [5.74, 6) is -0.120. The van der Waals surface area contributed by atoms with Gasteiger partial charge in [-0.15, -0.1) is 0 Å². The van der Waals surface area contributed by atoms with E-state index in [9.17, 15) is 4.79 Å². The SMILES string of the molecule is CNC(=O)c1ccc(CNCCc2ccccc2)c(N)c1. The number of nitrogen functional groups attached to an aromatic ring is 1. The number of rotatable bonds is 6. The second-order valence-electron chi connectivity index (χ2n) is 4.91. The minimum absolute atomic E-state index is 0.120. The molecule has 1 amide bonds. The monoisotopic (exact) mass is 283 g/mol. The highest BCUT2D eigenvalue weighted by Crippen LogP contribution is 2.14. The molecular formula is C17H21N3O. The highest BCUT2D eigenvalue weighted by Gasteiger charge is 2.06. The molecule has 110 valence electrons. The molecule has 4 heteroatoms. The van der Waals surface area contributed by atoms with Crippen LogP contribution in [0.25, 0.3) is 0 Å². The fourth-order valence-electron chi connectivity index (χ4n) is 2.14. The van der Waals surface area contributed by atoms with Gasteiger partial charge in [0.1, 0.15) is 0 Å². The highest BCUT2D eigenvalue weighted by atomic mass is 16.1. The summed E-state index contributed by atoms with van der Waals surface area (Å²) < 4.78 is 0. The van der Waals surface area contributed by atoms with E-state index in [1.807, 2.05) is 24.3 Å². The van der Waals surface area contributed by atoms with E-state index in [4.69, 9.17) is 5.73 Å². The van der Waals surface area contributed by atoms with Crippen molar-refractivity contribution in [2.24, 2.45) is 0 Å². The molecule has 21 heavy (non-hydrogen) atoms. The fourth-order valence-corrected chi connectivity index (χ4v) is 2.14. The van der Waals surface area contributed by atoms with Gasteiger partial charge >= 0.3 is 0 Å². The molecule has 0 spiro atoms. The van der Waals surface area contributed by atoms with Crippen molar-refractivity contribution < 1.29 is 4.79 Å². The molecule has 0 aliphatic carbocycles. The van der Waals surface area contributed by atoms with Gasteiger partial charge in [-0.1, -0.05) is 36.4 Å². The van der Waals surface area contributed by atoms with E-state index >= 15 is 0 Å². The summed E-state index contributed by atoms with van der Waals surface area (Å²) in [5, 5.41) is 5.96. The van der Waals surface area contributed by atoms with Crippen LogP contribution >= 0.6 is 0 Å². The van der Waals surface area contributed by atoms with Gasteiger partial charge in [0, 0.05) is 24.8 Å². The number of benzene rings is 2. The Morgan fingerprint density at radius 1 is 1.14 bits per heavy atom. The van der Waals surface area contributed by atoms with Gasteiger partial charge in [0.05, 0.1) is 0 Å². The first-order valence-electron chi connectivity index (χ1n) is 7.06. The summed E-state index contributed by atoms with van der Waals surface area (Å²) in [7, 11) is 1.61. The number of anilines is 1. The van der Waals surface area contributed by atoms with Gasteiger partial charge in [0.25, 0.3) is 5.91 Å². The van der Waals surface area contributed by atoms with Crippen LogP contribution in [0, 0.1) is 0 Å². The second-order valence-corrected chi connectivity index (χ2v) is 4.91. The largest absolute Gasteiger partial charge is 0.398 e. The maximum absolute atomic E-state index is 11.5. The molecular weight excluding hydrogens is 262 g/mol. The molecule has 0 bridgehead atoms. The van der Waals surface area contributed by atoms with Gasteiger partial charge in [-0.2, -0.15) is 0 Å². The van der Waals surface area contributed by atoms with Crippen LogP contribution in [0.15, 0.2) is 48.5 Å². The molecule has 4 nitrogen and oxygen atoms in total. The first-order valence-corrected chi connectivity index (χ1v) is 7.06. The van der Waals surface area contributed by atoms with Crippen molar-refractivity contribution in [2.45, 2.75) is 13.0 Å². The molecule has 0 radical (unpaired) electrons. The molecule has 0 saturated heterocycles. The standard InChI is InChI=1S/C17H21N3O/c1-19-17(21)14-7-8-15(16(18)11-14)12-20-10-9-13-5-3-2-4-6-13/h2-8,11,20H,9-10,12,18H2,1H3,(H,19,21). The van der Waals surface area contributed by atoms with Crippen molar-refractivity contribution >= 4 is 11.6 Å². The molecule has 2 rings (SSSR count). The fraction of sp³-hybridized carbons (Fsp3) is 0.235. The normalized spacial score (nSPS) is 10.3. The summed E-state index contributed by atoms with van der Waals surface area (Å²) in [6, 6.07) is 15.8. The Kier molecular flexibility index (Phi) is 5.35. The number of hydrogen-bond acceptors (Lipinski definition) is 3. The van der Waals surface area contributed by atoms with E-state index in [1.165, 1.54) is 5.56 Å². The van der Waals surface area contributed by atoms with E-state index < -0.39 is 0 Å². The number of nitrogens with one attached hydrogen (secondary N) is 2. The highest BCUT2D eigenvalue weighted by molar-refractivity contribution is 5.95. The number of nitrogens with two attached hydrogens (primary N) is 1. The van der Waals surface area contributed by atoms with Gasteiger partial charge in [0.2, 0.25) is 0 Å². The lowest BCUT2D eigenvalue weighted by Gasteiger charge is -2.09. The Hall–Kier alpha value is -2.33. The third kappa shape index (κ3) is 4.33. The van der Waals surface area contributed by atoms with Crippen molar-refractivity contribution in [3.8, 4) is 0 Å². The molecule has 2 aromatic rings. The minimum atomic E-state index is -0.120. The predicted octanol–water partition coefficient (Wildman–Crippen LogP) is 1.96. The van der Waals surface area contributed by atoms with Gasteiger partial charge in [-0.25, -0.2) is 0 Å². The Bertz CT molecular complexity index is 596. The average molecular weight is 283 g/mol. The second kappa shape index (κ2) is 7.45. The van der Waals surface area contributed by atoms with Crippen LogP contribution in [0.5, 0.6) is 0 Å². The molecule has 0 saturated carbocycles. The predicted molar refractivity (Wildman–Crippen MR) is 86.1 cm³/mol. The molecule has 0 unspecified atom stereocenters. The Balaban J connectivity index is 1.85. The van der Waals surface area contributed by atoms with Crippen LogP contribution < -0.4 is 16.4 Å². The maximum atomic E-state index is 11.5. The summed E-state index contributed by atoms with van der Waals surface area (Å²) in [5.41, 5.74) is 9.54. The zero-order valence-corrected chi connectivity index (χ0v) is 12.2. The topological polar surface area (TPSA) is 67.2 Å². The quantitative estimate of drug-likeness (QED) is 0.561. The van der Waals surface area contributed by atoms with Crippen LogP contribution in [-0.4, -0.2) is 19.5 Å². The molecule has 0 atom stereocenters. The molecule has 0 aliphatic heterocycles. The molecule has 0 fully saturated rings. The number of carbonyl (C=O) groups excluding carboxylic acids is 1. The lowest BCUT2D eigenvalue weighted by atomic mass is 10.1. The summed E-state index contributed by atoms with van der Waals surface area (Å²) >= 11 is 0. The molecule has 4 N–H and O–H groups in total. The number of hydrogen-bond donors (Lipinski definition) is 3. The van der Waals surface area contributed by atoms with Crippen molar-refractivity contribution in [3.63, 3.8) is 0 Å². The van der Waals surface area contributed by atoms with E-state index in [0.717, 1.165) is 18.5 Å². The van der Waals surface area contributed by atoms with E-state index in [-0.39, 0.29) is 5.91 Å². The smallest absolute Gasteiger partial charge is 0.251 e. The van der Waals surface area contributed by atoms with Crippen molar-refractivity contribution in [1.82, 2.24) is 10.6 Å². The van der Waals surface area contributed by atoms with Crippen molar-refractivity contribution in [3.05, 3.63) is 65.2 Å². The van der Waals surface area contributed by atoms with Crippen molar-refractivity contribution in [2.75, 3.05) is 19.3 Å². The Morgan fingerprint density at radius 3 is 2.57 bits per heavy atom. The van der Waals surface area contributed by atoms with Gasteiger partial charge in [-0.3, -0.25) is 4.79 Å². The maximum Gasteiger partial charge on any atom is 0.251 e. The first-order chi connectivity index (χ1) is 10.2. The van der Waals surface area contributed by atoms with E-state index in [1.54, 1.807) is 19.2 Å². The third-order valence-corrected chi connectivity index (χ3v) is 3.38. The van der Waals surface area contributed by atoms with Crippen LogP contribution in [-0.2, 0) is 13.0 Å². The van der Waals surface area contributed by atoms with Crippen LogP contribution in [0.3, 0.4) is 0 Å². The average Bonchev–Trinajstić information content (AvgIpc) is 2.53. The number of carbonyl (C=O) groups is 1. The molecule has 0 aliphatic rings. The first kappa shape index (κ1) is 15.1. The van der Waals surface area contributed by atoms with E-state index in [2.05, 4.69) is 22.8 Å². The van der Waals surface area contributed by atoms with Crippen LogP contribution in [0.1, 0.15) is 21.5 Å². The zero-order valence-electron chi connectivity index (χ0n) is 12.2. The van der Waals surface area contributed by atoms with Crippen LogP contribution in [0.4, 0.5) is 5.69 Å². The Labute approximate surface area is 125 Å². The third-order valence-electron chi connectivity index (χ3n) is 3.38. The minimum Gasteiger partial charge on any atom is -0.398 e. The summed E-state index contributed by atoms with van der Waals surface area (Å²) in [6.45, 7) is 1.59.